The summed E-state index contributed by atoms with van der Waals surface area (Å²) in [5, 5.41) is 16.2. The van der Waals surface area contributed by atoms with Crippen molar-refractivity contribution in [2.75, 3.05) is 0 Å². The summed E-state index contributed by atoms with van der Waals surface area (Å²) in [5.74, 6) is 0. The zero-order chi connectivity index (χ0) is 18.5. The molecule has 0 bridgehead atoms. The summed E-state index contributed by atoms with van der Waals surface area (Å²) in [5.41, 5.74) is 4.36. The van der Waals surface area contributed by atoms with Crippen LogP contribution in [0.1, 0.15) is 25.1 Å². The number of aryl methyl sites for hydroxylation is 1. The molecule has 26 heavy (non-hydrogen) atoms. The van der Waals surface area contributed by atoms with Gasteiger partial charge in [-0.1, -0.05) is 28.1 Å². The van der Waals surface area contributed by atoms with Gasteiger partial charge in [-0.15, -0.1) is 0 Å². The standard InChI is InChI=1S/C21H17BrN4/c1-13-18-11-24-19-9-6-15(22)10-17(19)20(18)26(25-13)16-7-4-14(5-8-16)21(2,3)12-23/h4-11H,1-3H3. The van der Waals surface area contributed by atoms with Crippen LogP contribution in [0.5, 0.6) is 0 Å². The van der Waals surface area contributed by atoms with Gasteiger partial charge < -0.3 is 0 Å². The molecule has 2 aromatic heterocycles. The maximum Gasteiger partial charge on any atom is 0.0853 e. The van der Waals surface area contributed by atoms with Crippen molar-refractivity contribution in [3.05, 3.63) is 64.4 Å². The van der Waals surface area contributed by atoms with E-state index in [-0.39, 0.29) is 0 Å². The molecule has 0 aliphatic rings. The predicted molar refractivity (Wildman–Crippen MR) is 107 cm³/mol. The Labute approximate surface area is 160 Å². The van der Waals surface area contributed by atoms with Crippen molar-refractivity contribution in [3.8, 4) is 11.8 Å². The van der Waals surface area contributed by atoms with Crippen molar-refractivity contribution in [1.82, 2.24) is 14.8 Å². The van der Waals surface area contributed by atoms with E-state index in [9.17, 15) is 5.26 Å². The molecule has 4 aromatic rings. The molecule has 0 aliphatic carbocycles. The first-order chi connectivity index (χ1) is 12.4. The highest BCUT2D eigenvalue weighted by Gasteiger charge is 2.20. The fourth-order valence-electron chi connectivity index (χ4n) is 3.17. The van der Waals surface area contributed by atoms with Crippen LogP contribution in [0, 0.1) is 18.3 Å². The molecule has 0 atom stereocenters. The van der Waals surface area contributed by atoms with Crippen molar-refractivity contribution >= 4 is 37.7 Å². The molecule has 5 heteroatoms. The molecular formula is C21H17BrN4. The number of halogens is 1. The number of pyridine rings is 1. The second kappa shape index (κ2) is 5.93. The third-order valence-corrected chi connectivity index (χ3v) is 5.26. The minimum absolute atomic E-state index is 0.512. The molecule has 0 unspecified atom stereocenters. The van der Waals surface area contributed by atoms with Gasteiger partial charge in [-0.05, 0) is 56.7 Å². The summed E-state index contributed by atoms with van der Waals surface area (Å²) < 4.78 is 2.97. The Morgan fingerprint density at radius 1 is 1.08 bits per heavy atom. The lowest BCUT2D eigenvalue weighted by Crippen LogP contribution is -2.13. The molecule has 4 nitrogen and oxygen atoms in total. The normalized spacial score (nSPS) is 11.8. The Hall–Kier alpha value is -2.71. The first-order valence-corrected chi connectivity index (χ1v) is 9.16. The Morgan fingerprint density at radius 3 is 2.50 bits per heavy atom. The molecule has 0 amide bonds. The third-order valence-electron chi connectivity index (χ3n) is 4.77. The molecule has 0 saturated carbocycles. The highest BCUT2D eigenvalue weighted by atomic mass is 79.9. The van der Waals surface area contributed by atoms with Gasteiger partial charge in [0.1, 0.15) is 0 Å². The molecule has 128 valence electrons. The van der Waals surface area contributed by atoms with Crippen LogP contribution in [0.4, 0.5) is 0 Å². The number of hydrogen-bond acceptors (Lipinski definition) is 3. The molecule has 0 aliphatic heterocycles. The zero-order valence-corrected chi connectivity index (χ0v) is 16.4. The van der Waals surface area contributed by atoms with E-state index in [4.69, 9.17) is 5.10 Å². The summed E-state index contributed by atoms with van der Waals surface area (Å²) >= 11 is 3.56. The number of nitriles is 1. The Bertz CT molecular complexity index is 1180. The lowest BCUT2D eigenvalue weighted by molar-refractivity contribution is 0.686. The molecule has 0 N–H and O–H groups in total. The monoisotopic (exact) mass is 404 g/mol. The average Bonchev–Trinajstić information content (AvgIpc) is 2.99. The van der Waals surface area contributed by atoms with Gasteiger partial charge in [-0.25, -0.2) is 4.68 Å². The van der Waals surface area contributed by atoms with Gasteiger partial charge in [0.25, 0.3) is 0 Å². The van der Waals surface area contributed by atoms with E-state index in [1.54, 1.807) is 0 Å². The minimum atomic E-state index is -0.512. The quantitative estimate of drug-likeness (QED) is 0.446. The largest absolute Gasteiger partial charge is 0.255 e. The first-order valence-electron chi connectivity index (χ1n) is 8.36. The van der Waals surface area contributed by atoms with Gasteiger partial charge in [0, 0.05) is 21.4 Å². The maximum absolute atomic E-state index is 9.34. The maximum atomic E-state index is 9.34. The van der Waals surface area contributed by atoms with Gasteiger partial charge in [0.2, 0.25) is 0 Å². The van der Waals surface area contributed by atoms with Crippen LogP contribution < -0.4 is 0 Å². The van der Waals surface area contributed by atoms with Gasteiger partial charge in [0.05, 0.1) is 33.9 Å². The van der Waals surface area contributed by atoms with Crippen LogP contribution in [-0.4, -0.2) is 14.8 Å². The van der Waals surface area contributed by atoms with Crippen molar-refractivity contribution < 1.29 is 0 Å². The molecule has 0 spiro atoms. The van der Waals surface area contributed by atoms with Gasteiger partial charge >= 0.3 is 0 Å². The summed E-state index contributed by atoms with van der Waals surface area (Å²) in [7, 11) is 0. The lowest BCUT2D eigenvalue weighted by Gasteiger charge is -2.16. The number of nitrogens with zero attached hydrogens (tertiary/aromatic N) is 4. The smallest absolute Gasteiger partial charge is 0.0853 e. The fourth-order valence-corrected chi connectivity index (χ4v) is 3.53. The molecular weight excluding hydrogens is 388 g/mol. The molecule has 0 radical (unpaired) electrons. The summed E-state index contributed by atoms with van der Waals surface area (Å²) in [6.07, 6.45) is 1.89. The SMILES string of the molecule is Cc1nn(-c2ccc(C(C)(C)C#N)cc2)c2c1cnc1ccc(Br)cc12. The van der Waals surface area contributed by atoms with Crippen LogP contribution in [0.25, 0.3) is 27.5 Å². The number of rotatable bonds is 2. The number of benzene rings is 2. The highest BCUT2D eigenvalue weighted by Crippen LogP contribution is 2.31. The second-order valence-corrected chi connectivity index (χ2v) is 7.88. The Morgan fingerprint density at radius 2 is 1.81 bits per heavy atom. The summed E-state index contributed by atoms with van der Waals surface area (Å²) in [4.78, 5) is 4.57. The summed E-state index contributed by atoms with van der Waals surface area (Å²) in [6.45, 7) is 5.84. The van der Waals surface area contributed by atoms with Gasteiger partial charge in [-0.3, -0.25) is 4.98 Å². The van der Waals surface area contributed by atoms with E-state index in [1.165, 1.54) is 0 Å². The predicted octanol–water partition coefficient (Wildman–Crippen LogP) is 5.45. The van der Waals surface area contributed by atoms with Crippen molar-refractivity contribution in [2.24, 2.45) is 0 Å². The lowest BCUT2D eigenvalue weighted by atomic mass is 9.86. The average molecular weight is 405 g/mol. The number of fused-ring (bicyclic) bond motifs is 3. The van der Waals surface area contributed by atoms with E-state index in [0.717, 1.165) is 43.2 Å². The number of aromatic nitrogens is 3. The van der Waals surface area contributed by atoms with E-state index in [1.807, 2.05) is 68.0 Å². The molecule has 0 fully saturated rings. The van der Waals surface area contributed by atoms with Gasteiger partial charge in [-0.2, -0.15) is 10.4 Å². The van der Waals surface area contributed by atoms with Crippen molar-refractivity contribution in [3.63, 3.8) is 0 Å². The molecule has 2 heterocycles. The Balaban J connectivity index is 1.97. The minimum Gasteiger partial charge on any atom is -0.255 e. The highest BCUT2D eigenvalue weighted by molar-refractivity contribution is 9.10. The topological polar surface area (TPSA) is 54.5 Å². The van der Waals surface area contributed by atoms with Crippen LogP contribution in [-0.2, 0) is 5.41 Å². The second-order valence-electron chi connectivity index (χ2n) is 6.96. The van der Waals surface area contributed by atoms with E-state index in [2.05, 4.69) is 33.0 Å². The van der Waals surface area contributed by atoms with Gasteiger partial charge in [0.15, 0.2) is 0 Å². The van der Waals surface area contributed by atoms with E-state index >= 15 is 0 Å². The van der Waals surface area contributed by atoms with E-state index < -0.39 is 5.41 Å². The van der Waals surface area contributed by atoms with Crippen LogP contribution in [0.2, 0.25) is 0 Å². The fraction of sp³-hybridized carbons (Fsp3) is 0.190. The molecule has 0 saturated heterocycles. The Kier molecular flexibility index (Phi) is 3.82. The van der Waals surface area contributed by atoms with Crippen molar-refractivity contribution in [1.29, 1.82) is 5.26 Å². The van der Waals surface area contributed by atoms with Crippen LogP contribution in [0.15, 0.2) is 53.1 Å². The zero-order valence-electron chi connectivity index (χ0n) is 14.8. The third kappa shape index (κ3) is 2.58. The van der Waals surface area contributed by atoms with Crippen LogP contribution in [0.3, 0.4) is 0 Å². The van der Waals surface area contributed by atoms with Crippen molar-refractivity contribution in [2.45, 2.75) is 26.2 Å². The molecule has 4 rings (SSSR count). The molecule has 2 aromatic carbocycles. The van der Waals surface area contributed by atoms with Crippen LogP contribution >= 0.6 is 15.9 Å². The first kappa shape index (κ1) is 16.7. The summed E-state index contributed by atoms with van der Waals surface area (Å²) in [6, 6.07) is 16.5. The van der Waals surface area contributed by atoms with E-state index in [0.29, 0.717) is 0 Å². The number of hydrogen-bond donors (Lipinski definition) is 0.